The largest absolute Gasteiger partial charge is 0.466 e. The normalized spacial score (nSPS) is 14.7. The number of nitro groups is 1. The van der Waals surface area contributed by atoms with Gasteiger partial charge in [-0.15, -0.1) is 0 Å². The van der Waals surface area contributed by atoms with Crippen LogP contribution in [0.25, 0.3) is 0 Å². The summed E-state index contributed by atoms with van der Waals surface area (Å²) in [5.74, 6) is -0.461. The van der Waals surface area contributed by atoms with Gasteiger partial charge in [0.15, 0.2) is 0 Å². The van der Waals surface area contributed by atoms with Crippen LogP contribution in [0.5, 0.6) is 0 Å². The van der Waals surface area contributed by atoms with Gasteiger partial charge >= 0.3 is 5.97 Å². The Morgan fingerprint density at radius 2 is 2.23 bits per heavy atom. The van der Waals surface area contributed by atoms with Gasteiger partial charge in [-0.25, -0.2) is 0 Å². The van der Waals surface area contributed by atoms with E-state index in [1.807, 2.05) is 0 Å². The number of rotatable bonds is 5. The standard InChI is InChI=1S/C7H13NO5/c1-6(9)13-4-3-7(2,10)5-8(11)12/h10H,3-5H2,1-2H3. The second kappa shape index (κ2) is 4.76. The summed E-state index contributed by atoms with van der Waals surface area (Å²) >= 11 is 0. The zero-order valence-corrected chi connectivity index (χ0v) is 7.65. The van der Waals surface area contributed by atoms with Crippen LogP contribution in [-0.2, 0) is 9.53 Å². The summed E-state index contributed by atoms with van der Waals surface area (Å²) in [5.41, 5.74) is -1.42. The van der Waals surface area contributed by atoms with Gasteiger partial charge in [0.1, 0.15) is 5.60 Å². The smallest absolute Gasteiger partial charge is 0.302 e. The molecule has 1 unspecified atom stereocenters. The molecule has 0 aromatic heterocycles. The number of carbonyl (C=O) groups excluding carboxylic acids is 1. The number of nitrogens with zero attached hydrogens (tertiary/aromatic N) is 1. The summed E-state index contributed by atoms with van der Waals surface area (Å²) in [4.78, 5) is 19.8. The van der Waals surface area contributed by atoms with E-state index in [0.29, 0.717) is 0 Å². The molecule has 76 valence electrons. The Morgan fingerprint density at radius 1 is 1.69 bits per heavy atom. The molecule has 0 amide bonds. The fourth-order valence-corrected chi connectivity index (χ4v) is 0.772. The van der Waals surface area contributed by atoms with Crippen LogP contribution < -0.4 is 0 Å². The van der Waals surface area contributed by atoms with Crippen LogP contribution in [-0.4, -0.2) is 34.8 Å². The Balaban J connectivity index is 3.75. The van der Waals surface area contributed by atoms with Gasteiger partial charge < -0.3 is 9.84 Å². The topological polar surface area (TPSA) is 89.7 Å². The molecule has 1 N–H and O–H groups in total. The van der Waals surface area contributed by atoms with Gasteiger partial charge in [0.05, 0.1) is 6.61 Å². The molecule has 0 aromatic carbocycles. The SMILES string of the molecule is CC(=O)OCCC(C)(O)C[N+](=O)[O-]. The van der Waals surface area contributed by atoms with Crippen LogP contribution in [0.15, 0.2) is 0 Å². The molecule has 1 atom stereocenters. The van der Waals surface area contributed by atoms with Gasteiger partial charge in [-0.05, 0) is 6.92 Å². The summed E-state index contributed by atoms with van der Waals surface area (Å²) < 4.78 is 4.54. The van der Waals surface area contributed by atoms with E-state index in [2.05, 4.69) is 4.74 Å². The highest BCUT2D eigenvalue weighted by Gasteiger charge is 2.26. The quantitative estimate of drug-likeness (QED) is 0.374. The molecule has 0 rings (SSSR count). The van der Waals surface area contributed by atoms with Gasteiger partial charge in [-0.1, -0.05) is 0 Å². The number of ether oxygens (including phenoxy) is 1. The van der Waals surface area contributed by atoms with Gasteiger partial charge in [-0.3, -0.25) is 14.9 Å². The van der Waals surface area contributed by atoms with Crippen LogP contribution in [0.1, 0.15) is 20.3 Å². The molecule has 0 bridgehead atoms. The molecule has 13 heavy (non-hydrogen) atoms. The molecule has 0 aliphatic heterocycles. The Labute approximate surface area is 75.7 Å². The Kier molecular flexibility index (Phi) is 4.33. The van der Waals surface area contributed by atoms with Crippen molar-refractivity contribution >= 4 is 5.97 Å². The molecule has 0 spiro atoms. The van der Waals surface area contributed by atoms with Gasteiger partial charge in [0, 0.05) is 18.3 Å². The van der Waals surface area contributed by atoms with E-state index in [0.717, 1.165) is 0 Å². The van der Waals surface area contributed by atoms with E-state index in [1.165, 1.54) is 13.8 Å². The first-order valence-corrected chi connectivity index (χ1v) is 3.81. The Morgan fingerprint density at radius 3 is 2.62 bits per heavy atom. The molecule has 0 aliphatic carbocycles. The lowest BCUT2D eigenvalue weighted by Crippen LogP contribution is -2.34. The second-order valence-corrected chi connectivity index (χ2v) is 3.08. The zero-order valence-electron chi connectivity index (χ0n) is 7.65. The highest BCUT2D eigenvalue weighted by atomic mass is 16.6. The lowest BCUT2D eigenvalue weighted by molar-refractivity contribution is -0.500. The molecule has 6 heteroatoms. The first kappa shape index (κ1) is 11.8. The van der Waals surface area contributed by atoms with E-state index in [9.17, 15) is 20.0 Å². The third kappa shape index (κ3) is 7.20. The number of hydrogen-bond acceptors (Lipinski definition) is 5. The Hall–Kier alpha value is -1.17. The van der Waals surface area contributed by atoms with Crippen molar-refractivity contribution in [3.8, 4) is 0 Å². The molecular formula is C7H13NO5. The minimum absolute atomic E-state index is 0.00380. The Bertz CT molecular complexity index is 201. The first-order chi connectivity index (χ1) is 5.83. The van der Waals surface area contributed by atoms with Crippen LogP contribution >= 0.6 is 0 Å². The molecule has 0 saturated heterocycles. The summed E-state index contributed by atoms with van der Waals surface area (Å²) in [5, 5.41) is 19.4. The molecule has 0 fully saturated rings. The lowest BCUT2D eigenvalue weighted by atomic mass is 10.0. The van der Waals surface area contributed by atoms with Crippen LogP contribution in [0.3, 0.4) is 0 Å². The highest BCUT2D eigenvalue weighted by molar-refractivity contribution is 5.65. The van der Waals surface area contributed by atoms with E-state index in [-0.39, 0.29) is 13.0 Å². The van der Waals surface area contributed by atoms with Crippen molar-refractivity contribution in [2.45, 2.75) is 25.9 Å². The fourth-order valence-electron chi connectivity index (χ4n) is 0.772. The van der Waals surface area contributed by atoms with Gasteiger partial charge in [0.2, 0.25) is 6.54 Å². The maximum Gasteiger partial charge on any atom is 0.302 e. The number of aliphatic hydroxyl groups is 1. The summed E-state index contributed by atoms with van der Waals surface area (Å²) in [7, 11) is 0. The summed E-state index contributed by atoms with van der Waals surface area (Å²) in [6.45, 7) is 2.02. The monoisotopic (exact) mass is 191 g/mol. The second-order valence-electron chi connectivity index (χ2n) is 3.08. The molecular weight excluding hydrogens is 178 g/mol. The van der Waals surface area contributed by atoms with Crippen LogP contribution in [0, 0.1) is 10.1 Å². The maximum absolute atomic E-state index is 10.3. The van der Waals surface area contributed by atoms with E-state index >= 15 is 0 Å². The van der Waals surface area contributed by atoms with E-state index in [4.69, 9.17) is 0 Å². The molecule has 0 aromatic rings. The van der Waals surface area contributed by atoms with Crippen molar-refractivity contribution in [1.82, 2.24) is 0 Å². The maximum atomic E-state index is 10.3. The number of esters is 1. The molecule has 0 saturated carbocycles. The van der Waals surface area contributed by atoms with E-state index in [1.54, 1.807) is 0 Å². The number of carbonyl (C=O) groups is 1. The first-order valence-electron chi connectivity index (χ1n) is 3.81. The lowest BCUT2D eigenvalue weighted by Gasteiger charge is -2.17. The zero-order chi connectivity index (χ0) is 10.5. The van der Waals surface area contributed by atoms with Crippen LogP contribution in [0.4, 0.5) is 0 Å². The van der Waals surface area contributed by atoms with Crippen molar-refractivity contribution in [1.29, 1.82) is 0 Å². The van der Waals surface area contributed by atoms with Gasteiger partial charge in [0.25, 0.3) is 0 Å². The van der Waals surface area contributed by atoms with Crippen molar-refractivity contribution in [3.63, 3.8) is 0 Å². The predicted molar refractivity (Wildman–Crippen MR) is 43.7 cm³/mol. The average molecular weight is 191 g/mol. The van der Waals surface area contributed by atoms with Gasteiger partial charge in [-0.2, -0.15) is 0 Å². The minimum atomic E-state index is -1.42. The fraction of sp³-hybridized carbons (Fsp3) is 0.857. The van der Waals surface area contributed by atoms with Crippen molar-refractivity contribution < 1.29 is 19.6 Å². The highest BCUT2D eigenvalue weighted by Crippen LogP contribution is 2.09. The molecule has 0 heterocycles. The summed E-state index contributed by atoms with van der Waals surface area (Å²) in [6.07, 6.45) is 0.0631. The summed E-state index contributed by atoms with van der Waals surface area (Å²) in [6, 6.07) is 0. The molecule has 0 radical (unpaired) electrons. The van der Waals surface area contributed by atoms with Crippen molar-refractivity contribution in [3.05, 3.63) is 10.1 Å². The average Bonchev–Trinajstić information content (AvgIpc) is 1.81. The van der Waals surface area contributed by atoms with Crippen LogP contribution in [0.2, 0.25) is 0 Å². The molecule has 6 nitrogen and oxygen atoms in total. The van der Waals surface area contributed by atoms with E-state index < -0.39 is 23.0 Å². The third-order valence-electron chi connectivity index (χ3n) is 1.42. The number of hydrogen-bond donors (Lipinski definition) is 1. The van der Waals surface area contributed by atoms with Crippen molar-refractivity contribution in [2.75, 3.05) is 13.2 Å². The third-order valence-corrected chi connectivity index (χ3v) is 1.42. The minimum Gasteiger partial charge on any atom is -0.466 e. The predicted octanol–water partition coefficient (Wildman–Crippen LogP) is -0.0327. The molecule has 0 aliphatic rings. The van der Waals surface area contributed by atoms with Crippen molar-refractivity contribution in [2.24, 2.45) is 0 Å².